The minimum Gasteiger partial charge on any atom is -0.321 e. The minimum atomic E-state index is -0.199. The fourth-order valence-electron chi connectivity index (χ4n) is 2.44. The monoisotopic (exact) mass is 329 g/mol. The third kappa shape index (κ3) is 2.27. The molecule has 0 radical (unpaired) electrons. The highest BCUT2D eigenvalue weighted by Crippen LogP contribution is 2.34. The number of carbonyl (C=O) groups is 2. The van der Waals surface area contributed by atoms with Gasteiger partial charge in [-0.2, -0.15) is 0 Å². The van der Waals surface area contributed by atoms with Crippen LogP contribution in [0.2, 0.25) is 0 Å². The molecule has 1 aliphatic rings. The lowest BCUT2D eigenvalue weighted by atomic mass is 10.1. The van der Waals surface area contributed by atoms with Crippen LogP contribution in [0.15, 0.2) is 46.9 Å². The van der Waals surface area contributed by atoms with E-state index < -0.39 is 0 Å². The molecule has 0 heterocycles. The summed E-state index contributed by atoms with van der Waals surface area (Å²) in [6, 6.07) is 12.6. The molecule has 0 aliphatic heterocycles. The lowest BCUT2D eigenvalue weighted by Crippen LogP contribution is -2.14. The van der Waals surface area contributed by atoms with E-state index in [9.17, 15) is 9.59 Å². The number of fused-ring (bicyclic) bond motifs is 1. The first-order valence-corrected chi connectivity index (χ1v) is 7.17. The molecule has 0 fully saturated rings. The Bertz CT molecular complexity index is 695. The standard InChI is InChI=1S/C16H12BrNO2/c17-12-7-8-13(15-11(12)6-9-14(15)19)18-16(20)10-4-2-1-3-5-10/h1-5,7-8H,6,9H2,(H,18,20). The van der Waals surface area contributed by atoms with Crippen molar-refractivity contribution in [2.45, 2.75) is 12.8 Å². The number of hydrogen-bond acceptors (Lipinski definition) is 2. The molecule has 20 heavy (non-hydrogen) atoms. The van der Waals surface area contributed by atoms with Gasteiger partial charge in [0, 0.05) is 22.0 Å². The van der Waals surface area contributed by atoms with E-state index in [0.717, 1.165) is 16.5 Å². The third-order valence-corrected chi connectivity index (χ3v) is 4.16. The smallest absolute Gasteiger partial charge is 0.255 e. The average molecular weight is 330 g/mol. The van der Waals surface area contributed by atoms with Crippen molar-refractivity contribution in [1.29, 1.82) is 0 Å². The molecule has 3 nitrogen and oxygen atoms in total. The predicted molar refractivity (Wildman–Crippen MR) is 81.2 cm³/mol. The summed E-state index contributed by atoms with van der Waals surface area (Å²) in [4.78, 5) is 24.2. The van der Waals surface area contributed by atoms with Crippen LogP contribution in [0.3, 0.4) is 0 Å². The first-order valence-electron chi connectivity index (χ1n) is 6.38. The quantitative estimate of drug-likeness (QED) is 0.910. The van der Waals surface area contributed by atoms with Gasteiger partial charge in [-0.15, -0.1) is 0 Å². The van der Waals surface area contributed by atoms with Crippen LogP contribution in [0.1, 0.15) is 32.7 Å². The van der Waals surface area contributed by atoms with E-state index >= 15 is 0 Å². The Morgan fingerprint density at radius 1 is 1.05 bits per heavy atom. The minimum absolute atomic E-state index is 0.0876. The zero-order valence-electron chi connectivity index (χ0n) is 10.7. The lowest BCUT2D eigenvalue weighted by Gasteiger charge is -2.10. The van der Waals surface area contributed by atoms with E-state index in [-0.39, 0.29) is 11.7 Å². The van der Waals surface area contributed by atoms with Gasteiger partial charge in [-0.3, -0.25) is 9.59 Å². The Hall–Kier alpha value is -1.94. The van der Waals surface area contributed by atoms with E-state index in [1.165, 1.54) is 0 Å². The second kappa shape index (κ2) is 5.21. The molecule has 3 rings (SSSR count). The molecule has 0 atom stereocenters. The molecule has 1 amide bonds. The van der Waals surface area contributed by atoms with Crippen LogP contribution in [0.4, 0.5) is 5.69 Å². The fraction of sp³-hybridized carbons (Fsp3) is 0.125. The summed E-state index contributed by atoms with van der Waals surface area (Å²) in [5, 5.41) is 2.84. The summed E-state index contributed by atoms with van der Waals surface area (Å²) in [6.07, 6.45) is 1.23. The van der Waals surface area contributed by atoms with Gasteiger partial charge in [-0.05, 0) is 36.2 Å². The molecular formula is C16H12BrNO2. The molecular weight excluding hydrogens is 318 g/mol. The normalized spacial score (nSPS) is 13.2. The van der Waals surface area contributed by atoms with Gasteiger partial charge in [0.25, 0.3) is 5.91 Å². The molecule has 100 valence electrons. The van der Waals surface area contributed by atoms with Crippen LogP contribution in [-0.4, -0.2) is 11.7 Å². The van der Waals surface area contributed by atoms with Crippen molar-refractivity contribution in [3.63, 3.8) is 0 Å². The highest BCUT2D eigenvalue weighted by molar-refractivity contribution is 9.10. The van der Waals surface area contributed by atoms with Gasteiger partial charge in [0.2, 0.25) is 0 Å². The average Bonchev–Trinajstić information content (AvgIpc) is 2.86. The second-order valence-corrected chi connectivity index (χ2v) is 5.55. The lowest BCUT2D eigenvalue weighted by molar-refractivity contribution is 0.0995. The zero-order chi connectivity index (χ0) is 14.1. The van der Waals surface area contributed by atoms with E-state index in [1.54, 1.807) is 18.2 Å². The van der Waals surface area contributed by atoms with E-state index in [2.05, 4.69) is 21.2 Å². The van der Waals surface area contributed by atoms with Crippen LogP contribution in [0, 0.1) is 0 Å². The topological polar surface area (TPSA) is 46.2 Å². The highest BCUT2D eigenvalue weighted by Gasteiger charge is 2.25. The Morgan fingerprint density at radius 2 is 1.80 bits per heavy atom. The maximum atomic E-state index is 12.2. The van der Waals surface area contributed by atoms with Crippen LogP contribution in [0.25, 0.3) is 0 Å². The number of rotatable bonds is 2. The van der Waals surface area contributed by atoms with Crippen molar-refractivity contribution in [3.05, 3.63) is 63.6 Å². The fourth-order valence-corrected chi connectivity index (χ4v) is 2.97. The molecule has 0 bridgehead atoms. The number of hydrogen-bond donors (Lipinski definition) is 1. The van der Waals surface area contributed by atoms with Gasteiger partial charge < -0.3 is 5.32 Å². The molecule has 2 aromatic carbocycles. The molecule has 1 N–H and O–H groups in total. The Morgan fingerprint density at radius 3 is 2.55 bits per heavy atom. The summed E-state index contributed by atoms with van der Waals surface area (Å²) in [5.74, 6) is -0.112. The number of nitrogens with one attached hydrogen (secondary N) is 1. The molecule has 0 aromatic heterocycles. The third-order valence-electron chi connectivity index (χ3n) is 3.42. The summed E-state index contributed by atoms with van der Waals surface area (Å²) < 4.78 is 0.927. The Balaban J connectivity index is 1.95. The Labute approximate surface area is 125 Å². The maximum absolute atomic E-state index is 12.2. The zero-order valence-corrected chi connectivity index (χ0v) is 12.2. The van der Waals surface area contributed by atoms with Gasteiger partial charge in [0.05, 0.1) is 5.69 Å². The van der Waals surface area contributed by atoms with Crippen molar-refractivity contribution in [3.8, 4) is 0 Å². The maximum Gasteiger partial charge on any atom is 0.255 e. The van der Waals surface area contributed by atoms with Gasteiger partial charge in [0.1, 0.15) is 0 Å². The number of carbonyl (C=O) groups excluding carboxylic acids is 2. The number of ketones is 1. The second-order valence-electron chi connectivity index (χ2n) is 4.69. The molecule has 0 spiro atoms. The molecule has 2 aromatic rings. The van der Waals surface area contributed by atoms with Gasteiger partial charge in [-0.25, -0.2) is 0 Å². The van der Waals surface area contributed by atoms with Crippen LogP contribution < -0.4 is 5.32 Å². The summed E-state index contributed by atoms with van der Waals surface area (Å²) in [5.41, 5.74) is 2.80. The number of Topliss-reactive ketones (excluding diaryl/α,β-unsaturated/α-hetero) is 1. The van der Waals surface area contributed by atoms with E-state index in [1.807, 2.05) is 24.3 Å². The number of anilines is 1. The van der Waals surface area contributed by atoms with Crippen molar-refractivity contribution >= 4 is 33.3 Å². The Kier molecular flexibility index (Phi) is 3.40. The molecule has 0 saturated carbocycles. The van der Waals surface area contributed by atoms with E-state index in [0.29, 0.717) is 23.2 Å². The van der Waals surface area contributed by atoms with Crippen molar-refractivity contribution in [2.24, 2.45) is 0 Å². The number of benzene rings is 2. The van der Waals surface area contributed by atoms with Gasteiger partial charge >= 0.3 is 0 Å². The predicted octanol–water partition coefficient (Wildman–Crippen LogP) is 3.83. The molecule has 0 saturated heterocycles. The molecule has 4 heteroatoms. The first-order chi connectivity index (χ1) is 9.66. The molecule has 1 aliphatic carbocycles. The van der Waals surface area contributed by atoms with Crippen LogP contribution in [-0.2, 0) is 6.42 Å². The SMILES string of the molecule is O=C(Nc1ccc(Br)c2c1C(=O)CC2)c1ccccc1. The van der Waals surface area contributed by atoms with Gasteiger partial charge in [-0.1, -0.05) is 34.1 Å². The van der Waals surface area contributed by atoms with Crippen molar-refractivity contribution in [2.75, 3.05) is 5.32 Å². The first kappa shape index (κ1) is 13.1. The number of amides is 1. The highest BCUT2D eigenvalue weighted by atomic mass is 79.9. The van der Waals surface area contributed by atoms with Crippen LogP contribution >= 0.6 is 15.9 Å². The summed E-state index contributed by atoms with van der Waals surface area (Å²) in [7, 11) is 0. The van der Waals surface area contributed by atoms with Gasteiger partial charge in [0.15, 0.2) is 5.78 Å². The largest absolute Gasteiger partial charge is 0.321 e. The van der Waals surface area contributed by atoms with Crippen molar-refractivity contribution in [1.82, 2.24) is 0 Å². The molecule has 0 unspecified atom stereocenters. The number of halogens is 1. The summed E-state index contributed by atoms with van der Waals surface area (Å²) >= 11 is 3.46. The summed E-state index contributed by atoms with van der Waals surface area (Å²) in [6.45, 7) is 0. The van der Waals surface area contributed by atoms with Crippen LogP contribution in [0.5, 0.6) is 0 Å². The van der Waals surface area contributed by atoms with Crippen molar-refractivity contribution < 1.29 is 9.59 Å². The van der Waals surface area contributed by atoms with E-state index in [4.69, 9.17) is 0 Å².